The van der Waals surface area contributed by atoms with Gasteiger partial charge in [0, 0.05) is 10.0 Å². The maximum absolute atomic E-state index is 13.6. The Labute approximate surface area is 109 Å². The molecule has 5 heteroatoms. The number of hydrogen-bond donors (Lipinski definition) is 0. The molecule has 2 aromatic rings. The summed E-state index contributed by atoms with van der Waals surface area (Å²) < 4.78 is 40.3. The molecule has 92 valence electrons. The molecule has 0 fully saturated rings. The predicted octanol–water partition coefficient (Wildman–Crippen LogP) is 4.10. The van der Waals surface area contributed by atoms with E-state index in [1.54, 1.807) is 0 Å². The summed E-state index contributed by atoms with van der Waals surface area (Å²) in [6.07, 6.45) is 0. The number of carbonyl (C=O) groups is 1. The van der Waals surface area contributed by atoms with Gasteiger partial charge in [0.25, 0.3) is 0 Å². The molecule has 0 unspecified atom stereocenters. The second-order valence-corrected chi connectivity index (χ2v) is 4.50. The minimum atomic E-state index is -0.990. The van der Waals surface area contributed by atoms with Crippen molar-refractivity contribution in [2.75, 3.05) is 0 Å². The molecule has 2 rings (SSSR count). The number of halogens is 4. The highest BCUT2D eigenvalue weighted by atomic mass is 79.9. The van der Waals surface area contributed by atoms with Gasteiger partial charge in [0.15, 0.2) is 5.78 Å². The highest BCUT2D eigenvalue weighted by Crippen LogP contribution is 2.22. The van der Waals surface area contributed by atoms with E-state index in [2.05, 4.69) is 15.9 Å². The van der Waals surface area contributed by atoms with E-state index in [1.165, 1.54) is 12.1 Å². The van der Waals surface area contributed by atoms with Crippen LogP contribution in [0.25, 0.3) is 0 Å². The lowest BCUT2D eigenvalue weighted by molar-refractivity contribution is 0.103. The molecule has 0 saturated heterocycles. The fourth-order valence-electron chi connectivity index (χ4n) is 1.53. The Morgan fingerprint density at radius 3 is 2.17 bits per heavy atom. The second-order valence-electron chi connectivity index (χ2n) is 3.58. The summed E-state index contributed by atoms with van der Waals surface area (Å²) >= 11 is 2.91. The van der Waals surface area contributed by atoms with Crippen molar-refractivity contribution in [2.45, 2.75) is 0 Å². The SMILES string of the molecule is O=C(c1cccc(F)c1)c1c(F)cc(Br)cc1F. The number of carbonyl (C=O) groups excluding carboxylic acids is 1. The second kappa shape index (κ2) is 4.94. The van der Waals surface area contributed by atoms with E-state index in [9.17, 15) is 18.0 Å². The molecule has 1 nitrogen and oxygen atoms in total. The van der Waals surface area contributed by atoms with Gasteiger partial charge in [-0.25, -0.2) is 13.2 Å². The fourth-order valence-corrected chi connectivity index (χ4v) is 1.94. The lowest BCUT2D eigenvalue weighted by atomic mass is 10.0. The first kappa shape index (κ1) is 12.8. The summed E-state index contributed by atoms with van der Waals surface area (Å²) in [5.74, 6) is -3.51. The Balaban J connectivity index is 2.53. The van der Waals surface area contributed by atoms with Crippen LogP contribution in [0.4, 0.5) is 13.2 Å². The monoisotopic (exact) mass is 314 g/mol. The number of ketones is 1. The topological polar surface area (TPSA) is 17.1 Å². The summed E-state index contributed by atoms with van der Waals surface area (Å²) in [6.45, 7) is 0. The maximum atomic E-state index is 13.6. The van der Waals surface area contributed by atoms with Crippen molar-refractivity contribution in [3.63, 3.8) is 0 Å². The van der Waals surface area contributed by atoms with Crippen LogP contribution in [-0.4, -0.2) is 5.78 Å². The van der Waals surface area contributed by atoms with Crippen molar-refractivity contribution in [3.8, 4) is 0 Å². The van der Waals surface area contributed by atoms with Crippen molar-refractivity contribution < 1.29 is 18.0 Å². The molecular formula is C13H6BrF3O. The van der Waals surface area contributed by atoms with E-state index in [1.807, 2.05) is 0 Å². The van der Waals surface area contributed by atoms with Gasteiger partial charge in [0.05, 0.1) is 5.56 Å². The molecule has 2 aromatic carbocycles. The van der Waals surface area contributed by atoms with Gasteiger partial charge < -0.3 is 0 Å². The van der Waals surface area contributed by atoms with Crippen LogP contribution in [0.3, 0.4) is 0 Å². The van der Waals surface area contributed by atoms with E-state index in [4.69, 9.17) is 0 Å². The molecule has 0 aliphatic heterocycles. The lowest BCUT2D eigenvalue weighted by Crippen LogP contribution is -2.08. The average Bonchev–Trinajstić information content (AvgIpc) is 2.27. The van der Waals surface area contributed by atoms with Crippen molar-refractivity contribution in [1.29, 1.82) is 0 Å². The summed E-state index contributed by atoms with van der Waals surface area (Å²) in [6, 6.07) is 6.64. The molecule has 0 aliphatic rings. The minimum Gasteiger partial charge on any atom is -0.288 e. The normalized spacial score (nSPS) is 10.4. The van der Waals surface area contributed by atoms with Gasteiger partial charge in [-0.3, -0.25) is 4.79 Å². The Kier molecular flexibility index (Phi) is 3.52. The Hall–Kier alpha value is -1.62. The molecule has 0 heterocycles. The van der Waals surface area contributed by atoms with Crippen LogP contribution in [0, 0.1) is 17.5 Å². The first-order valence-corrected chi connectivity index (χ1v) is 5.73. The van der Waals surface area contributed by atoms with Gasteiger partial charge in [-0.1, -0.05) is 28.1 Å². The first-order chi connectivity index (χ1) is 8.49. The van der Waals surface area contributed by atoms with Gasteiger partial charge in [-0.15, -0.1) is 0 Å². The molecule has 18 heavy (non-hydrogen) atoms. The van der Waals surface area contributed by atoms with Gasteiger partial charge in [-0.05, 0) is 24.3 Å². The van der Waals surface area contributed by atoms with E-state index in [0.717, 1.165) is 24.3 Å². The number of benzene rings is 2. The van der Waals surface area contributed by atoms with E-state index in [0.29, 0.717) is 0 Å². The molecular weight excluding hydrogens is 309 g/mol. The largest absolute Gasteiger partial charge is 0.288 e. The van der Waals surface area contributed by atoms with Crippen LogP contribution >= 0.6 is 15.9 Å². The Bertz CT molecular complexity index is 602. The van der Waals surface area contributed by atoms with Crippen molar-refractivity contribution in [1.82, 2.24) is 0 Å². The van der Waals surface area contributed by atoms with Gasteiger partial charge in [0.1, 0.15) is 17.5 Å². The lowest BCUT2D eigenvalue weighted by Gasteiger charge is -2.05. The van der Waals surface area contributed by atoms with Gasteiger partial charge >= 0.3 is 0 Å². The van der Waals surface area contributed by atoms with Crippen LogP contribution in [0.5, 0.6) is 0 Å². The zero-order chi connectivity index (χ0) is 13.3. The van der Waals surface area contributed by atoms with Crippen LogP contribution in [-0.2, 0) is 0 Å². The van der Waals surface area contributed by atoms with E-state index >= 15 is 0 Å². The van der Waals surface area contributed by atoms with Crippen LogP contribution < -0.4 is 0 Å². The summed E-state index contributed by atoms with van der Waals surface area (Å²) in [4.78, 5) is 11.9. The highest BCUT2D eigenvalue weighted by Gasteiger charge is 2.20. The molecule has 0 radical (unpaired) electrons. The predicted molar refractivity (Wildman–Crippen MR) is 63.9 cm³/mol. The van der Waals surface area contributed by atoms with Gasteiger partial charge in [0.2, 0.25) is 0 Å². The number of hydrogen-bond acceptors (Lipinski definition) is 1. The third-order valence-corrected chi connectivity index (χ3v) is 2.78. The van der Waals surface area contributed by atoms with E-state index < -0.39 is 28.8 Å². The van der Waals surface area contributed by atoms with Crippen molar-refractivity contribution in [2.24, 2.45) is 0 Å². The van der Waals surface area contributed by atoms with Crippen molar-refractivity contribution >= 4 is 21.7 Å². The van der Waals surface area contributed by atoms with Gasteiger partial charge in [-0.2, -0.15) is 0 Å². The highest BCUT2D eigenvalue weighted by molar-refractivity contribution is 9.10. The molecule has 0 aliphatic carbocycles. The third-order valence-electron chi connectivity index (χ3n) is 2.32. The molecule has 0 N–H and O–H groups in total. The quantitative estimate of drug-likeness (QED) is 0.763. The molecule has 0 spiro atoms. The third kappa shape index (κ3) is 2.46. The van der Waals surface area contributed by atoms with Crippen molar-refractivity contribution in [3.05, 3.63) is 69.4 Å². The van der Waals surface area contributed by atoms with Crippen LogP contribution in [0.1, 0.15) is 15.9 Å². The summed E-state index contributed by atoms with van der Waals surface area (Å²) in [5, 5.41) is 0. The molecule has 0 bridgehead atoms. The smallest absolute Gasteiger partial charge is 0.199 e. The molecule has 0 saturated carbocycles. The van der Waals surface area contributed by atoms with E-state index in [-0.39, 0.29) is 10.0 Å². The minimum absolute atomic E-state index is 0.102. The Morgan fingerprint density at radius 2 is 1.61 bits per heavy atom. The zero-order valence-electron chi connectivity index (χ0n) is 8.88. The molecule has 0 aromatic heterocycles. The molecule has 0 amide bonds. The van der Waals surface area contributed by atoms with Crippen LogP contribution in [0.2, 0.25) is 0 Å². The zero-order valence-corrected chi connectivity index (χ0v) is 10.5. The maximum Gasteiger partial charge on any atom is 0.199 e. The standard InChI is InChI=1S/C13H6BrF3O/c14-8-5-10(16)12(11(17)6-8)13(18)7-2-1-3-9(15)4-7/h1-6H. The van der Waals surface area contributed by atoms with Crippen LogP contribution in [0.15, 0.2) is 40.9 Å². The average molecular weight is 315 g/mol. The fraction of sp³-hybridized carbons (Fsp3) is 0. The summed E-state index contributed by atoms with van der Waals surface area (Å²) in [7, 11) is 0. The Morgan fingerprint density at radius 1 is 1.00 bits per heavy atom. The first-order valence-electron chi connectivity index (χ1n) is 4.94. The molecule has 0 atom stereocenters. The number of rotatable bonds is 2. The summed E-state index contributed by atoms with van der Waals surface area (Å²) in [5.41, 5.74) is -0.793.